The summed E-state index contributed by atoms with van der Waals surface area (Å²) in [6, 6.07) is 13.1. The fourth-order valence-corrected chi connectivity index (χ4v) is 2.85. The summed E-state index contributed by atoms with van der Waals surface area (Å²) in [5.41, 5.74) is 1.73. The second-order valence-electron chi connectivity index (χ2n) is 4.61. The van der Waals surface area contributed by atoms with Crippen molar-refractivity contribution in [3.8, 4) is 0 Å². The Balaban J connectivity index is 2.12. The first-order chi connectivity index (χ1) is 9.90. The fourth-order valence-electron chi connectivity index (χ4n) is 1.83. The van der Waals surface area contributed by atoms with Gasteiger partial charge < -0.3 is 4.84 Å². The van der Waals surface area contributed by atoms with Gasteiger partial charge in [0.25, 0.3) is 10.0 Å². The van der Waals surface area contributed by atoms with E-state index in [2.05, 4.69) is 4.84 Å². The van der Waals surface area contributed by atoms with E-state index in [1.807, 2.05) is 17.9 Å². The van der Waals surface area contributed by atoms with E-state index >= 15 is 0 Å². The molecule has 0 radical (unpaired) electrons. The van der Waals surface area contributed by atoms with Crippen molar-refractivity contribution in [1.82, 2.24) is 4.89 Å². The van der Waals surface area contributed by atoms with Gasteiger partial charge in [-0.1, -0.05) is 35.9 Å². The normalized spacial score (nSPS) is 11.1. The van der Waals surface area contributed by atoms with Crippen molar-refractivity contribution in [2.24, 2.45) is 0 Å². The highest BCUT2D eigenvalue weighted by Crippen LogP contribution is 2.14. The fraction of sp³-hybridized carbons (Fsp3) is 0.133. The quantitative estimate of drug-likeness (QED) is 0.880. The molecule has 0 spiro atoms. The van der Waals surface area contributed by atoms with Crippen molar-refractivity contribution in [2.75, 3.05) is 0 Å². The van der Waals surface area contributed by atoms with Crippen LogP contribution in [0.15, 0.2) is 53.4 Å². The second-order valence-corrected chi connectivity index (χ2v) is 6.22. The Hall–Kier alpha value is -2.18. The third-order valence-electron chi connectivity index (χ3n) is 2.88. The van der Waals surface area contributed by atoms with Crippen molar-refractivity contribution in [3.63, 3.8) is 0 Å². The molecular formula is C15H15NO4S. The maximum Gasteiger partial charge on any atom is 0.357 e. The molecule has 0 aliphatic heterocycles. The van der Waals surface area contributed by atoms with Crippen LogP contribution in [0.5, 0.6) is 0 Å². The van der Waals surface area contributed by atoms with E-state index in [1.54, 1.807) is 43.3 Å². The van der Waals surface area contributed by atoms with E-state index in [1.165, 1.54) is 6.07 Å². The van der Waals surface area contributed by atoms with E-state index in [0.29, 0.717) is 5.56 Å². The lowest BCUT2D eigenvalue weighted by molar-refractivity contribution is 0.0407. The molecule has 6 heteroatoms. The zero-order chi connectivity index (χ0) is 15.5. The minimum atomic E-state index is -3.90. The molecule has 0 atom stereocenters. The standard InChI is InChI=1S/C15H15NO4S/c1-11-6-5-8-13(10-11)15(17)20-16-21(18,19)14-9-4-3-7-12(14)2/h3-10,16H,1-2H3. The molecule has 0 aliphatic rings. The predicted molar refractivity (Wildman–Crippen MR) is 78.1 cm³/mol. The highest BCUT2D eigenvalue weighted by atomic mass is 32.2. The topological polar surface area (TPSA) is 72.5 Å². The smallest absolute Gasteiger partial charge is 0.351 e. The molecule has 2 rings (SSSR count). The molecule has 2 aromatic rings. The average Bonchev–Trinajstić information content (AvgIpc) is 2.45. The molecule has 0 saturated heterocycles. The van der Waals surface area contributed by atoms with Crippen molar-refractivity contribution in [2.45, 2.75) is 18.7 Å². The number of carbonyl (C=O) groups excluding carboxylic acids is 1. The molecule has 5 nitrogen and oxygen atoms in total. The summed E-state index contributed by atoms with van der Waals surface area (Å²) in [6.07, 6.45) is 0. The van der Waals surface area contributed by atoms with Gasteiger partial charge in [-0.25, -0.2) is 13.2 Å². The Morgan fingerprint density at radius 1 is 1.05 bits per heavy atom. The molecule has 0 aromatic heterocycles. The third-order valence-corrected chi connectivity index (χ3v) is 4.22. The number of hydrogen-bond acceptors (Lipinski definition) is 4. The minimum absolute atomic E-state index is 0.0713. The lowest BCUT2D eigenvalue weighted by Gasteiger charge is -2.09. The van der Waals surface area contributed by atoms with E-state index in [4.69, 9.17) is 0 Å². The van der Waals surface area contributed by atoms with Gasteiger partial charge in [-0.2, -0.15) is 0 Å². The van der Waals surface area contributed by atoms with Crippen LogP contribution in [-0.2, 0) is 14.9 Å². The molecule has 0 amide bonds. The Morgan fingerprint density at radius 2 is 1.76 bits per heavy atom. The maximum absolute atomic E-state index is 12.1. The van der Waals surface area contributed by atoms with Gasteiger partial charge in [0.2, 0.25) is 0 Å². The summed E-state index contributed by atoms with van der Waals surface area (Å²) < 4.78 is 24.1. The molecule has 1 N–H and O–H groups in total. The van der Waals surface area contributed by atoms with Crippen LogP contribution in [0.3, 0.4) is 0 Å². The monoisotopic (exact) mass is 305 g/mol. The zero-order valence-corrected chi connectivity index (χ0v) is 12.5. The van der Waals surface area contributed by atoms with E-state index in [-0.39, 0.29) is 10.5 Å². The van der Waals surface area contributed by atoms with Crippen LogP contribution in [0.1, 0.15) is 21.5 Å². The van der Waals surface area contributed by atoms with Crippen LogP contribution < -0.4 is 4.89 Å². The molecule has 0 unspecified atom stereocenters. The van der Waals surface area contributed by atoms with Gasteiger partial charge in [-0.3, -0.25) is 0 Å². The Kier molecular flexibility index (Phi) is 4.40. The molecule has 0 aliphatic carbocycles. The number of aryl methyl sites for hydroxylation is 2. The Morgan fingerprint density at radius 3 is 2.43 bits per heavy atom. The SMILES string of the molecule is Cc1cccc(C(=O)ONS(=O)(=O)c2ccccc2C)c1. The summed E-state index contributed by atoms with van der Waals surface area (Å²) in [6.45, 7) is 3.49. The van der Waals surface area contributed by atoms with Crippen LogP contribution in [-0.4, -0.2) is 14.4 Å². The van der Waals surface area contributed by atoms with E-state index in [0.717, 1.165) is 5.56 Å². The molecule has 110 valence electrons. The van der Waals surface area contributed by atoms with Gasteiger partial charge in [0.1, 0.15) is 0 Å². The van der Waals surface area contributed by atoms with Gasteiger partial charge in [0.15, 0.2) is 0 Å². The molecule has 0 saturated carbocycles. The van der Waals surface area contributed by atoms with Crippen molar-refractivity contribution < 1.29 is 18.0 Å². The van der Waals surface area contributed by atoms with Gasteiger partial charge in [-0.15, -0.1) is 0 Å². The number of rotatable bonds is 4. The van der Waals surface area contributed by atoms with Crippen molar-refractivity contribution >= 4 is 16.0 Å². The number of hydrogen-bond donors (Lipinski definition) is 1. The van der Waals surface area contributed by atoms with Gasteiger partial charge in [0.05, 0.1) is 10.5 Å². The summed E-state index contributed by atoms with van der Waals surface area (Å²) >= 11 is 0. The molecular weight excluding hydrogens is 290 g/mol. The predicted octanol–water partition coefficient (Wildman–Crippen LogP) is 2.35. The van der Waals surface area contributed by atoms with Gasteiger partial charge in [0, 0.05) is 0 Å². The first-order valence-corrected chi connectivity index (χ1v) is 7.74. The number of nitrogens with one attached hydrogen (secondary N) is 1. The first kappa shape index (κ1) is 15.2. The van der Waals surface area contributed by atoms with Crippen molar-refractivity contribution in [1.29, 1.82) is 0 Å². The van der Waals surface area contributed by atoms with Crippen LogP contribution in [0.4, 0.5) is 0 Å². The van der Waals surface area contributed by atoms with Crippen LogP contribution >= 0.6 is 0 Å². The van der Waals surface area contributed by atoms with Crippen LogP contribution in [0, 0.1) is 13.8 Å². The first-order valence-electron chi connectivity index (χ1n) is 6.25. The lowest BCUT2D eigenvalue weighted by atomic mass is 10.1. The van der Waals surface area contributed by atoms with Crippen molar-refractivity contribution in [3.05, 3.63) is 65.2 Å². The van der Waals surface area contributed by atoms with Crippen LogP contribution in [0.25, 0.3) is 0 Å². The van der Waals surface area contributed by atoms with E-state index < -0.39 is 16.0 Å². The highest BCUT2D eigenvalue weighted by Gasteiger charge is 2.19. The average molecular weight is 305 g/mol. The van der Waals surface area contributed by atoms with Gasteiger partial charge in [-0.05, 0) is 42.5 Å². The Labute approximate surface area is 123 Å². The molecule has 21 heavy (non-hydrogen) atoms. The molecule has 2 aromatic carbocycles. The number of carbonyl (C=O) groups is 1. The molecule has 0 fully saturated rings. The summed E-state index contributed by atoms with van der Waals surface area (Å²) in [7, 11) is -3.90. The number of sulfonamides is 1. The molecule has 0 bridgehead atoms. The molecule has 0 heterocycles. The number of benzene rings is 2. The minimum Gasteiger partial charge on any atom is -0.351 e. The maximum atomic E-state index is 12.1. The third kappa shape index (κ3) is 3.68. The van der Waals surface area contributed by atoms with Gasteiger partial charge >= 0.3 is 5.97 Å². The largest absolute Gasteiger partial charge is 0.357 e. The second kappa shape index (κ2) is 6.07. The van der Waals surface area contributed by atoms with Crippen LogP contribution in [0.2, 0.25) is 0 Å². The summed E-state index contributed by atoms with van der Waals surface area (Å²) in [4.78, 5) is 18.4. The summed E-state index contributed by atoms with van der Waals surface area (Å²) in [5.74, 6) is -0.754. The lowest BCUT2D eigenvalue weighted by Crippen LogP contribution is -2.27. The summed E-state index contributed by atoms with van der Waals surface area (Å²) in [5, 5.41) is 0. The highest BCUT2D eigenvalue weighted by molar-refractivity contribution is 7.89. The van der Waals surface area contributed by atoms with E-state index in [9.17, 15) is 13.2 Å². The zero-order valence-electron chi connectivity index (χ0n) is 11.7. The Bertz CT molecular complexity index is 769.